The molecule has 1 aromatic carbocycles. The van der Waals surface area contributed by atoms with Crippen LogP contribution < -0.4 is 0 Å². The number of halogens is 2. The Morgan fingerprint density at radius 2 is 2.24 bits per heavy atom. The molecule has 2 aromatic rings. The summed E-state index contributed by atoms with van der Waals surface area (Å²) in [5, 5.41) is 1.21. The highest BCUT2D eigenvalue weighted by atomic mass is 35.5. The van der Waals surface area contributed by atoms with Crippen LogP contribution >= 0.6 is 35.0 Å². The zero-order chi connectivity index (χ0) is 12.4. The van der Waals surface area contributed by atoms with Crippen LogP contribution in [0, 0.1) is 0 Å². The van der Waals surface area contributed by atoms with Crippen molar-refractivity contribution in [2.75, 3.05) is 6.26 Å². The highest BCUT2D eigenvalue weighted by Gasteiger charge is 2.13. The molecular formula is C12H14Cl2N2S. The van der Waals surface area contributed by atoms with Gasteiger partial charge in [0.25, 0.3) is 0 Å². The predicted octanol–water partition coefficient (Wildman–Crippen LogP) is 4.18. The van der Waals surface area contributed by atoms with E-state index < -0.39 is 0 Å². The van der Waals surface area contributed by atoms with Gasteiger partial charge in [0, 0.05) is 11.8 Å². The van der Waals surface area contributed by atoms with Gasteiger partial charge in [-0.15, -0.1) is 11.6 Å². The molecule has 92 valence electrons. The molecule has 0 saturated carbocycles. The fourth-order valence-electron chi connectivity index (χ4n) is 1.80. The smallest absolute Gasteiger partial charge is 0.124 e. The number of hydrogen-bond donors (Lipinski definition) is 0. The highest BCUT2D eigenvalue weighted by Crippen LogP contribution is 2.25. The summed E-state index contributed by atoms with van der Waals surface area (Å²) in [6, 6.07) is 5.85. The zero-order valence-corrected chi connectivity index (χ0v) is 12.1. The lowest BCUT2D eigenvalue weighted by atomic mass is 10.3. The summed E-state index contributed by atoms with van der Waals surface area (Å²) in [6.07, 6.45) is 2.11. The SMILES string of the molecule is CSC(C)Cn1c(CCl)nc2c(Cl)cccc21. The Balaban J connectivity index is 2.55. The van der Waals surface area contributed by atoms with Crippen molar-refractivity contribution in [3.05, 3.63) is 29.0 Å². The summed E-state index contributed by atoms with van der Waals surface area (Å²) in [7, 11) is 0. The third-order valence-electron chi connectivity index (χ3n) is 2.77. The van der Waals surface area contributed by atoms with Crippen molar-refractivity contribution >= 4 is 46.0 Å². The van der Waals surface area contributed by atoms with Gasteiger partial charge >= 0.3 is 0 Å². The number of benzene rings is 1. The van der Waals surface area contributed by atoms with Crippen LogP contribution in [-0.2, 0) is 12.4 Å². The molecule has 0 amide bonds. The Kier molecular flexibility index (Phi) is 4.23. The number of fused-ring (bicyclic) bond motifs is 1. The number of nitrogens with zero attached hydrogens (tertiary/aromatic N) is 2. The number of hydrogen-bond acceptors (Lipinski definition) is 2. The lowest BCUT2D eigenvalue weighted by molar-refractivity contribution is 0.685. The lowest BCUT2D eigenvalue weighted by Crippen LogP contribution is -2.11. The maximum absolute atomic E-state index is 6.15. The zero-order valence-electron chi connectivity index (χ0n) is 9.78. The lowest BCUT2D eigenvalue weighted by Gasteiger charge is -2.12. The number of imidazole rings is 1. The fourth-order valence-corrected chi connectivity index (χ4v) is 2.51. The number of para-hydroxylation sites is 1. The third-order valence-corrected chi connectivity index (χ3v) is 4.27. The molecule has 1 heterocycles. The average Bonchev–Trinajstić information content (AvgIpc) is 2.69. The quantitative estimate of drug-likeness (QED) is 0.786. The minimum absolute atomic E-state index is 0.409. The van der Waals surface area contributed by atoms with Gasteiger partial charge in [0.1, 0.15) is 11.3 Å². The summed E-state index contributed by atoms with van der Waals surface area (Å²) in [6.45, 7) is 3.10. The van der Waals surface area contributed by atoms with E-state index in [1.165, 1.54) is 0 Å². The number of alkyl halides is 1. The van der Waals surface area contributed by atoms with Gasteiger partial charge in [0.05, 0.1) is 16.4 Å². The Morgan fingerprint density at radius 3 is 2.88 bits per heavy atom. The third kappa shape index (κ3) is 2.56. The molecular weight excluding hydrogens is 275 g/mol. The predicted molar refractivity (Wildman–Crippen MR) is 77.3 cm³/mol. The molecule has 0 aliphatic heterocycles. The molecule has 0 aliphatic carbocycles. The number of rotatable bonds is 4. The van der Waals surface area contributed by atoms with Gasteiger partial charge in [-0.25, -0.2) is 4.98 Å². The van der Waals surface area contributed by atoms with Gasteiger partial charge in [-0.2, -0.15) is 11.8 Å². The van der Waals surface area contributed by atoms with Crippen molar-refractivity contribution in [3.8, 4) is 0 Å². The molecule has 2 rings (SSSR count). The van der Waals surface area contributed by atoms with Crippen molar-refractivity contribution in [1.29, 1.82) is 0 Å². The van der Waals surface area contributed by atoms with Crippen LogP contribution in [-0.4, -0.2) is 21.1 Å². The van der Waals surface area contributed by atoms with Crippen molar-refractivity contribution < 1.29 is 0 Å². The number of thioether (sulfide) groups is 1. The molecule has 0 saturated heterocycles. The van der Waals surface area contributed by atoms with Gasteiger partial charge < -0.3 is 4.57 Å². The molecule has 0 aliphatic rings. The molecule has 0 spiro atoms. The maximum Gasteiger partial charge on any atom is 0.124 e. The van der Waals surface area contributed by atoms with Gasteiger partial charge in [-0.05, 0) is 18.4 Å². The normalized spacial score (nSPS) is 13.2. The molecule has 1 unspecified atom stereocenters. The van der Waals surface area contributed by atoms with Gasteiger partial charge in [-0.1, -0.05) is 24.6 Å². The van der Waals surface area contributed by atoms with E-state index in [-0.39, 0.29) is 0 Å². The summed E-state index contributed by atoms with van der Waals surface area (Å²) < 4.78 is 2.16. The number of aromatic nitrogens is 2. The monoisotopic (exact) mass is 288 g/mol. The molecule has 1 atom stereocenters. The van der Waals surface area contributed by atoms with Crippen LogP contribution in [0.25, 0.3) is 11.0 Å². The largest absolute Gasteiger partial charge is 0.326 e. The Labute approximate surface area is 115 Å². The molecule has 2 nitrogen and oxygen atoms in total. The molecule has 0 bridgehead atoms. The van der Waals surface area contributed by atoms with Gasteiger partial charge in [0.2, 0.25) is 0 Å². The average molecular weight is 289 g/mol. The van der Waals surface area contributed by atoms with E-state index in [0.717, 1.165) is 23.4 Å². The first-order chi connectivity index (χ1) is 8.17. The second-order valence-corrected chi connectivity index (χ2v) is 5.88. The van der Waals surface area contributed by atoms with Crippen molar-refractivity contribution in [1.82, 2.24) is 9.55 Å². The van der Waals surface area contributed by atoms with Crippen LogP contribution in [0.3, 0.4) is 0 Å². The second-order valence-electron chi connectivity index (χ2n) is 3.93. The van der Waals surface area contributed by atoms with Crippen LogP contribution in [0.2, 0.25) is 5.02 Å². The highest BCUT2D eigenvalue weighted by molar-refractivity contribution is 7.99. The fraction of sp³-hybridized carbons (Fsp3) is 0.417. The molecule has 0 N–H and O–H groups in total. The van der Waals surface area contributed by atoms with E-state index >= 15 is 0 Å². The molecule has 0 radical (unpaired) electrons. The molecule has 1 aromatic heterocycles. The van der Waals surface area contributed by atoms with Crippen molar-refractivity contribution in [2.24, 2.45) is 0 Å². The first-order valence-corrected chi connectivity index (χ1v) is 7.59. The summed E-state index contributed by atoms with van der Waals surface area (Å²) in [5.41, 5.74) is 1.91. The first-order valence-electron chi connectivity index (χ1n) is 5.39. The molecule has 0 fully saturated rings. The summed E-state index contributed by atoms with van der Waals surface area (Å²) >= 11 is 13.9. The molecule has 17 heavy (non-hydrogen) atoms. The van der Waals surface area contributed by atoms with Crippen LogP contribution in [0.5, 0.6) is 0 Å². The minimum Gasteiger partial charge on any atom is -0.326 e. The second kappa shape index (κ2) is 5.51. The minimum atomic E-state index is 0.409. The van der Waals surface area contributed by atoms with Crippen molar-refractivity contribution in [3.63, 3.8) is 0 Å². The van der Waals surface area contributed by atoms with Gasteiger partial charge in [0.15, 0.2) is 0 Å². The van der Waals surface area contributed by atoms with E-state index in [4.69, 9.17) is 23.2 Å². The summed E-state index contributed by atoms with van der Waals surface area (Å²) in [4.78, 5) is 4.51. The van der Waals surface area contributed by atoms with Crippen LogP contribution in [0.15, 0.2) is 18.2 Å². The van der Waals surface area contributed by atoms with Gasteiger partial charge in [-0.3, -0.25) is 0 Å². The van der Waals surface area contributed by atoms with E-state index in [1.807, 2.05) is 30.0 Å². The molecule has 5 heteroatoms. The Bertz CT molecular complexity index is 524. The van der Waals surface area contributed by atoms with E-state index in [9.17, 15) is 0 Å². The van der Waals surface area contributed by atoms with E-state index in [0.29, 0.717) is 16.2 Å². The standard InChI is InChI=1S/C12H14Cl2N2S/c1-8(17-2)7-16-10-5-3-4-9(14)12(10)15-11(16)6-13/h3-5,8H,6-7H2,1-2H3. The first kappa shape index (κ1) is 13.1. The van der Waals surface area contributed by atoms with E-state index in [2.05, 4.69) is 22.7 Å². The maximum atomic E-state index is 6.15. The Hall–Kier alpha value is -0.380. The van der Waals surface area contributed by atoms with Crippen LogP contribution in [0.4, 0.5) is 0 Å². The van der Waals surface area contributed by atoms with Crippen molar-refractivity contribution in [2.45, 2.75) is 24.6 Å². The summed E-state index contributed by atoms with van der Waals surface area (Å²) in [5.74, 6) is 1.29. The topological polar surface area (TPSA) is 17.8 Å². The van der Waals surface area contributed by atoms with Crippen LogP contribution in [0.1, 0.15) is 12.7 Å². The Morgan fingerprint density at radius 1 is 1.47 bits per heavy atom. The van der Waals surface area contributed by atoms with E-state index in [1.54, 1.807) is 0 Å².